The van der Waals surface area contributed by atoms with Crippen LogP contribution in [0.4, 0.5) is 5.69 Å². The van der Waals surface area contributed by atoms with Crippen molar-refractivity contribution < 1.29 is 4.74 Å². The summed E-state index contributed by atoms with van der Waals surface area (Å²) in [5.41, 5.74) is 3.27. The van der Waals surface area contributed by atoms with Crippen LogP contribution in [0.2, 0.25) is 5.15 Å². The van der Waals surface area contributed by atoms with Gasteiger partial charge in [-0.15, -0.1) is 0 Å². The van der Waals surface area contributed by atoms with Crippen molar-refractivity contribution in [2.24, 2.45) is 0 Å². The standard InChI is InChI=1S/C19H16ClN3O/c1-12-6-5-7-13-10-14(19(20)23-18(12)13)16(11-21)22-15-8-3-4-9-17(15)24-2/h3-10,16,22H,1-2H3/t16-/m1/s1. The number of nitriles is 1. The predicted octanol–water partition coefficient (Wildman–Crippen LogP) is 4.88. The molecule has 120 valence electrons. The molecule has 0 aliphatic rings. The molecule has 0 aliphatic carbocycles. The van der Waals surface area contributed by atoms with Gasteiger partial charge in [-0.3, -0.25) is 0 Å². The highest BCUT2D eigenvalue weighted by atomic mass is 35.5. The number of aryl methyl sites for hydroxylation is 1. The molecule has 0 saturated heterocycles. The van der Waals surface area contributed by atoms with Crippen LogP contribution in [0.5, 0.6) is 5.75 Å². The van der Waals surface area contributed by atoms with E-state index in [1.54, 1.807) is 7.11 Å². The topological polar surface area (TPSA) is 57.9 Å². The summed E-state index contributed by atoms with van der Waals surface area (Å²) in [7, 11) is 1.59. The first-order valence-electron chi connectivity index (χ1n) is 7.49. The monoisotopic (exact) mass is 337 g/mol. The summed E-state index contributed by atoms with van der Waals surface area (Å²) in [5.74, 6) is 0.665. The number of ether oxygens (including phenoxy) is 1. The molecule has 0 spiro atoms. The zero-order chi connectivity index (χ0) is 17.1. The number of nitrogens with zero attached hydrogens (tertiary/aromatic N) is 2. The maximum absolute atomic E-state index is 9.62. The molecule has 2 aromatic carbocycles. The normalized spacial score (nSPS) is 11.8. The molecule has 1 heterocycles. The van der Waals surface area contributed by atoms with Gasteiger partial charge in [-0.1, -0.05) is 41.9 Å². The molecule has 1 aromatic heterocycles. The van der Waals surface area contributed by atoms with Gasteiger partial charge >= 0.3 is 0 Å². The number of hydrogen-bond acceptors (Lipinski definition) is 4. The lowest BCUT2D eigenvalue weighted by molar-refractivity contribution is 0.416. The fourth-order valence-corrected chi connectivity index (χ4v) is 2.89. The van der Waals surface area contributed by atoms with Gasteiger partial charge in [0.05, 0.1) is 24.4 Å². The van der Waals surface area contributed by atoms with Crippen LogP contribution >= 0.6 is 11.6 Å². The van der Waals surface area contributed by atoms with E-state index >= 15 is 0 Å². The van der Waals surface area contributed by atoms with Gasteiger partial charge in [-0.2, -0.15) is 5.26 Å². The lowest BCUT2D eigenvalue weighted by atomic mass is 10.0. The van der Waals surface area contributed by atoms with Crippen molar-refractivity contribution in [1.29, 1.82) is 5.26 Å². The van der Waals surface area contributed by atoms with Crippen LogP contribution in [-0.4, -0.2) is 12.1 Å². The average Bonchev–Trinajstić information content (AvgIpc) is 2.60. The minimum Gasteiger partial charge on any atom is -0.495 e. The number of para-hydroxylation sites is 3. The van der Waals surface area contributed by atoms with E-state index in [0.717, 1.165) is 22.2 Å². The fourth-order valence-electron chi connectivity index (χ4n) is 2.64. The molecule has 0 unspecified atom stereocenters. The number of rotatable bonds is 4. The third-order valence-corrected chi connectivity index (χ3v) is 4.18. The van der Waals surface area contributed by atoms with Gasteiger partial charge in [-0.05, 0) is 30.7 Å². The Labute approximate surface area is 145 Å². The second-order valence-electron chi connectivity index (χ2n) is 5.42. The van der Waals surface area contributed by atoms with Gasteiger partial charge in [0.2, 0.25) is 0 Å². The summed E-state index contributed by atoms with van der Waals surface area (Å²) in [5, 5.41) is 14.1. The van der Waals surface area contributed by atoms with Crippen LogP contribution in [0.25, 0.3) is 10.9 Å². The summed E-state index contributed by atoms with van der Waals surface area (Å²) in [6, 6.07) is 16.9. The van der Waals surface area contributed by atoms with E-state index in [1.807, 2.05) is 55.5 Å². The number of hydrogen-bond donors (Lipinski definition) is 1. The molecule has 24 heavy (non-hydrogen) atoms. The van der Waals surface area contributed by atoms with Crippen molar-refractivity contribution in [1.82, 2.24) is 4.98 Å². The molecule has 3 aromatic rings. The molecule has 0 radical (unpaired) electrons. The molecule has 1 atom stereocenters. The molecule has 0 saturated carbocycles. The quantitative estimate of drug-likeness (QED) is 0.689. The zero-order valence-electron chi connectivity index (χ0n) is 13.4. The summed E-state index contributed by atoms with van der Waals surface area (Å²) < 4.78 is 5.32. The lowest BCUT2D eigenvalue weighted by Gasteiger charge is -2.17. The lowest BCUT2D eigenvalue weighted by Crippen LogP contribution is -2.10. The maximum atomic E-state index is 9.62. The largest absolute Gasteiger partial charge is 0.495 e. The summed E-state index contributed by atoms with van der Waals surface area (Å²) in [6.45, 7) is 1.99. The molecule has 0 fully saturated rings. The van der Waals surface area contributed by atoms with Gasteiger partial charge < -0.3 is 10.1 Å². The van der Waals surface area contributed by atoms with Crippen LogP contribution in [-0.2, 0) is 0 Å². The van der Waals surface area contributed by atoms with Crippen LogP contribution in [0, 0.1) is 18.3 Å². The predicted molar refractivity (Wildman–Crippen MR) is 96.5 cm³/mol. The first-order valence-corrected chi connectivity index (χ1v) is 7.86. The third-order valence-electron chi connectivity index (χ3n) is 3.88. The highest BCUT2D eigenvalue weighted by Gasteiger charge is 2.18. The number of pyridine rings is 1. The van der Waals surface area contributed by atoms with Gasteiger partial charge in [-0.25, -0.2) is 4.98 Å². The second kappa shape index (κ2) is 6.77. The van der Waals surface area contributed by atoms with Crippen LogP contribution in [0.15, 0.2) is 48.5 Å². The number of anilines is 1. The molecular formula is C19H16ClN3O. The minimum absolute atomic E-state index is 0.325. The molecular weight excluding hydrogens is 322 g/mol. The van der Waals surface area contributed by atoms with E-state index in [1.165, 1.54) is 0 Å². The average molecular weight is 338 g/mol. The van der Waals surface area contributed by atoms with E-state index in [0.29, 0.717) is 16.5 Å². The van der Waals surface area contributed by atoms with Crippen LogP contribution < -0.4 is 10.1 Å². The minimum atomic E-state index is -0.633. The smallest absolute Gasteiger partial charge is 0.143 e. The van der Waals surface area contributed by atoms with E-state index in [-0.39, 0.29) is 0 Å². The Morgan fingerprint density at radius 2 is 2.00 bits per heavy atom. The molecule has 5 heteroatoms. The summed E-state index contributed by atoms with van der Waals surface area (Å²) in [6.07, 6.45) is 0. The van der Waals surface area contributed by atoms with Gasteiger partial charge in [0.1, 0.15) is 16.9 Å². The number of benzene rings is 2. The Bertz CT molecular complexity index is 934. The van der Waals surface area contributed by atoms with Gasteiger partial charge in [0.25, 0.3) is 0 Å². The molecule has 1 N–H and O–H groups in total. The fraction of sp³-hybridized carbons (Fsp3) is 0.158. The van der Waals surface area contributed by atoms with E-state index in [9.17, 15) is 5.26 Å². The van der Waals surface area contributed by atoms with E-state index in [2.05, 4.69) is 16.4 Å². The van der Waals surface area contributed by atoms with Crippen molar-refractivity contribution in [3.05, 3.63) is 64.8 Å². The van der Waals surface area contributed by atoms with E-state index < -0.39 is 6.04 Å². The molecule has 4 nitrogen and oxygen atoms in total. The van der Waals surface area contributed by atoms with Gasteiger partial charge in [0, 0.05) is 10.9 Å². The third kappa shape index (κ3) is 2.99. The highest BCUT2D eigenvalue weighted by molar-refractivity contribution is 6.30. The number of fused-ring (bicyclic) bond motifs is 1. The van der Waals surface area contributed by atoms with Gasteiger partial charge in [0.15, 0.2) is 0 Å². The SMILES string of the molecule is COc1ccccc1N[C@H](C#N)c1cc2cccc(C)c2nc1Cl. The second-order valence-corrected chi connectivity index (χ2v) is 5.78. The first kappa shape index (κ1) is 16.1. The Morgan fingerprint density at radius 1 is 1.21 bits per heavy atom. The van der Waals surface area contributed by atoms with E-state index in [4.69, 9.17) is 16.3 Å². The maximum Gasteiger partial charge on any atom is 0.143 e. The Hall–Kier alpha value is -2.77. The van der Waals surface area contributed by atoms with Crippen molar-refractivity contribution in [3.8, 4) is 11.8 Å². The molecule has 0 aliphatic heterocycles. The zero-order valence-corrected chi connectivity index (χ0v) is 14.1. The first-order chi connectivity index (χ1) is 11.6. The molecule has 3 rings (SSSR count). The van der Waals surface area contributed by atoms with Crippen LogP contribution in [0.3, 0.4) is 0 Å². The Kier molecular flexibility index (Phi) is 4.54. The number of nitrogens with one attached hydrogen (secondary N) is 1. The van der Waals surface area contributed by atoms with Crippen molar-refractivity contribution >= 4 is 28.2 Å². The molecule has 0 amide bonds. The van der Waals surface area contributed by atoms with Crippen LogP contribution in [0.1, 0.15) is 17.2 Å². The number of methoxy groups -OCH3 is 1. The summed E-state index contributed by atoms with van der Waals surface area (Å²) in [4.78, 5) is 4.47. The highest BCUT2D eigenvalue weighted by Crippen LogP contribution is 2.32. The Balaban J connectivity index is 2.04. The van der Waals surface area contributed by atoms with Crippen molar-refractivity contribution in [2.75, 3.05) is 12.4 Å². The number of aromatic nitrogens is 1. The van der Waals surface area contributed by atoms with Crippen molar-refractivity contribution in [2.45, 2.75) is 13.0 Å². The summed E-state index contributed by atoms with van der Waals surface area (Å²) >= 11 is 6.36. The number of halogens is 1. The molecule has 0 bridgehead atoms. The van der Waals surface area contributed by atoms with Crippen molar-refractivity contribution in [3.63, 3.8) is 0 Å². The Morgan fingerprint density at radius 3 is 2.75 bits per heavy atom.